The van der Waals surface area contributed by atoms with Crippen molar-refractivity contribution < 1.29 is 9.13 Å². The molecule has 1 fully saturated rings. The van der Waals surface area contributed by atoms with Crippen LogP contribution in [0.2, 0.25) is 0 Å². The largest absolute Gasteiger partial charge is 0.456 e. The summed E-state index contributed by atoms with van der Waals surface area (Å²) >= 11 is 0. The fourth-order valence-corrected chi connectivity index (χ4v) is 4.50. The standard InChI is InChI=1S/C21H22FN3O/c22-16-7-5-15(6-8-16)19-18-4-2-1-3-14(18)9-10-25(19)20-24-13-21(26-20)11-17(23)12-21/h1-8,17,19H,9-13,23H2/t17-,19-,21+/m0/s1. The van der Waals surface area contributed by atoms with E-state index < -0.39 is 0 Å². The number of hydrogen-bond donors (Lipinski definition) is 1. The van der Waals surface area contributed by atoms with Crippen LogP contribution in [-0.4, -0.2) is 35.7 Å². The topological polar surface area (TPSA) is 50.8 Å². The molecular weight excluding hydrogens is 329 g/mol. The molecule has 2 aliphatic heterocycles. The van der Waals surface area contributed by atoms with Crippen LogP contribution >= 0.6 is 0 Å². The number of fused-ring (bicyclic) bond motifs is 1. The summed E-state index contributed by atoms with van der Waals surface area (Å²) in [6.07, 6.45) is 2.68. The lowest BCUT2D eigenvalue weighted by molar-refractivity contribution is -0.0196. The lowest BCUT2D eigenvalue weighted by atomic mass is 9.76. The first kappa shape index (κ1) is 15.8. The molecule has 0 saturated heterocycles. The Labute approximate surface area is 152 Å². The van der Waals surface area contributed by atoms with Gasteiger partial charge in [-0.3, -0.25) is 0 Å². The number of nitrogens with two attached hydrogens (primary N) is 1. The van der Waals surface area contributed by atoms with E-state index in [-0.39, 0.29) is 23.5 Å². The molecule has 0 radical (unpaired) electrons. The molecule has 5 heteroatoms. The molecular formula is C21H22FN3O. The average Bonchev–Trinajstić information content (AvgIpc) is 3.06. The number of halogens is 1. The van der Waals surface area contributed by atoms with Crippen molar-refractivity contribution >= 4 is 6.02 Å². The molecule has 2 heterocycles. The monoisotopic (exact) mass is 351 g/mol. The lowest BCUT2D eigenvalue weighted by Crippen LogP contribution is -2.55. The third-order valence-electron chi connectivity index (χ3n) is 5.79. The van der Waals surface area contributed by atoms with Gasteiger partial charge in [0, 0.05) is 25.4 Å². The van der Waals surface area contributed by atoms with Gasteiger partial charge in [-0.2, -0.15) is 0 Å². The number of nitrogens with zero attached hydrogens (tertiary/aromatic N) is 2. The summed E-state index contributed by atoms with van der Waals surface area (Å²) in [6, 6.07) is 16.1. The third-order valence-corrected chi connectivity index (χ3v) is 5.79. The second-order valence-corrected chi connectivity index (χ2v) is 7.65. The van der Waals surface area contributed by atoms with Crippen LogP contribution in [-0.2, 0) is 11.2 Å². The van der Waals surface area contributed by atoms with Crippen molar-refractivity contribution in [3.05, 3.63) is 71.0 Å². The molecule has 0 aromatic heterocycles. The molecule has 1 aliphatic carbocycles. The molecule has 4 nitrogen and oxygen atoms in total. The van der Waals surface area contributed by atoms with E-state index in [4.69, 9.17) is 15.5 Å². The van der Waals surface area contributed by atoms with Crippen molar-refractivity contribution in [2.24, 2.45) is 10.7 Å². The minimum Gasteiger partial charge on any atom is -0.456 e. The third kappa shape index (κ3) is 2.50. The summed E-state index contributed by atoms with van der Waals surface area (Å²) in [4.78, 5) is 6.96. The first-order valence-electron chi connectivity index (χ1n) is 9.23. The molecule has 1 atom stereocenters. The predicted octanol–water partition coefficient (Wildman–Crippen LogP) is 3.02. The van der Waals surface area contributed by atoms with Crippen LogP contribution in [0.25, 0.3) is 0 Å². The quantitative estimate of drug-likeness (QED) is 0.859. The van der Waals surface area contributed by atoms with Crippen LogP contribution in [0.3, 0.4) is 0 Å². The van der Waals surface area contributed by atoms with Gasteiger partial charge in [0.05, 0.1) is 12.6 Å². The van der Waals surface area contributed by atoms with Gasteiger partial charge in [0.25, 0.3) is 6.02 Å². The lowest BCUT2D eigenvalue weighted by Gasteiger charge is -2.44. The second-order valence-electron chi connectivity index (χ2n) is 7.65. The van der Waals surface area contributed by atoms with Gasteiger partial charge >= 0.3 is 0 Å². The number of benzene rings is 2. The Balaban J connectivity index is 1.51. The predicted molar refractivity (Wildman–Crippen MR) is 98.4 cm³/mol. The molecule has 1 saturated carbocycles. The normalized spacial score (nSPS) is 29.8. The molecule has 0 amide bonds. The van der Waals surface area contributed by atoms with Crippen molar-refractivity contribution in [1.29, 1.82) is 0 Å². The summed E-state index contributed by atoms with van der Waals surface area (Å²) in [7, 11) is 0. The maximum Gasteiger partial charge on any atom is 0.288 e. The molecule has 0 bridgehead atoms. The van der Waals surface area contributed by atoms with E-state index in [0.29, 0.717) is 12.6 Å². The van der Waals surface area contributed by atoms with Crippen molar-refractivity contribution in [3.63, 3.8) is 0 Å². The summed E-state index contributed by atoms with van der Waals surface area (Å²) < 4.78 is 19.8. The molecule has 2 N–H and O–H groups in total. The Morgan fingerprint density at radius 2 is 1.88 bits per heavy atom. The summed E-state index contributed by atoms with van der Waals surface area (Å²) in [5.74, 6) is -0.221. The number of ether oxygens (including phenoxy) is 1. The molecule has 1 spiro atoms. The van der Waals surface area contributed by atoms with Crippen LogP contribution in [0.1, 0.15) is 35.6 Å². The first-order valence-corrected chi connectivity index (χ1v) is 9.23. The van der Waals surface area contributed by atoms with Crippen molar-refractivity contribution in [1.82, 2.24) is 4.90 Å². The van der Waals surface area contributed by atoms with Crippen LogP contribution in [0.15, 0.2) is 53.5 Å². The number of amidine groups is 1. The van der Waals surface area contributed by atoms with E-state index in [0.717, 1.165) is 31.4 Å². The minimum atomic E-state index is -0.221. The average molecular weight is 351 g/mol. The highest BCUT2D eigenvalue weighted by Crippen LogP contribution is 2.42. The van der Waals surface area contributed by atoms with Gasteiger partial charge in [0.15, 0.2) is 0 Å². The summed E-state index contributed by atoms with van der Waals surface area (Å²) in [6.45, 7) is 1.52. The second kappa shape index (κ2) is 5.81. The Hall–Kier alpha value is -2.40. The fraction of sp³-hybridized carbons (Fsp3) is 0.381. The fourth-order valence-electron chi connectivity index (χ4n) is 4.50. The summed E-state index contributed by atoms with van der Waals surface area (Å²) in [5, 5.41) is 0. The highest BCUT2D eigenvalue weighted by molar-refractivity contribution is 5.78. The van der Waals surface area contributed by atoms with E-state index in [1.165, 1.54) is 23.3 Å². The SMILES string of the molecule is N[C@H]1C[C@]2(CN=C(N3CCc4ccccc4[C@@H]3c3ccc(F)cc3)O2)C1. The minimum absolute atomic E-state index is 0.0109. The van der Waals surface area contributed by atoms with Gasteiger partial charge in [-0.1, -0.05) is 36.4 Å². The molecule has 3 aliphatic rings. The smallest absolute Gasteiger partial charge is 0.288 e. The van der Waals surface area contributed by atoms with E-state index in [9.17, 15) is 4.39 Å². The Morgan fingerprint density at radius 1 is 1.12 bits per heavy atom. The Kier molecular flexibility index (Phi) is 3.54. The van der Waals surface area contributed by atoms with E-state index in [1.54, 1.807) is 0 Å². The van der Waals surface area contributed by atoms with Crippen molar-refractivity contribution in [2.75, 3.05) is 13.1 Å². The number of aliphatic imine (C=N–C) groups is 1. The van der Waals surface area contributed by atoms with Gasteiger partial charge in [-0.25, -0.2) is 9.38 Å². The van der Waals surface area contributed by atoms with Gasteiger partial charge in [0.2, 0.25) is 0 Å². The molecule has 2 aromatic carbocycles. The highest BCUT2D eigenvalue weighted by Gasteiger charge is 2.50. The van der Waals surface area contributed by atoms with Gasteiger partial charge in [0.1, 0.15) is 11.4 Å². The van der Waals surface area contributed by atoms with Crippen LogP contribution < -0.4 is 5.73 Å². The van der Waals surface area contributed by atoms with Crippen molar-refractivity contribution in [3.8, 4) is 0 Å². The van der Waals surface area contributed by atoms with E-state index in [1.807, 2.05) is 12.1 Å². The van der Waals surface area contributed by atoms with E-state index in [2.05, 4.69) is 29.2 Å². The van der Waals surface area contributed by atoms with Crippen LogP contribution in [0.4, 0.5) is 4.39 Å². The number of rotatable bonds is 1. The zero-order valence-electron chi connectivity index (χ0n) is 14.6. The Morgan fingerprint density at radius 3 is 2.65 bits per heavy atom. The molecule has 2 aromatic rings. The highest BCUT2D eigenvalue weighted by atomic mass is 19.1. The van der Waals surface area contributed by atoms with Gasteiger partial charge in [-0.05, 0) is 35.2 Å². The maximum atomic E-state index is 13.5. The summed E-state index contributed by atoms with van der Waals surface area (Å²) in [5.41, 5.74) is 9.40. The van der Waals surface area contributed by atoms with Gasteiger partial charge < -0.3 is 15.4 Å². The number of hydrogen-bond acceptors (Lipinski definition) is 4. The van der Waals surface area contributed by atoms with Gasteiger partial charge in [-0.15, -0.1) is 0 Å². The zero-order chi connectivity index (χ0) is 17.7. The molecule has 5 rings (SSSR count). The molecule has 134 valence electrons. The van der Waals surface area contributed by atoms with Crippen LogP contribution in [0.5, 0.6) is 0 Å². The van der Waals surface area contributed by atoms with Crippen LogP contribution in [0, 0.1) is 5.82 Å². The van der Waals surface area contributed by atoms with E-state index >= 15 is 0 Å². The zero-order valence-corrected chi connectivity index (χ0v) is 14.6. The first-order chi connectivity index (χ1) is 12.6. The molecule has 0 unspecified atom stereocenters. The maximum absolute atomic E-state index is 13.5. The van der Waals surface area contributed by atoms with Crippen molar-refractivity contribution in [2.45, 2.75) is 36.9 Å². The Bertz CT molecular complexity index is 858. The molecule has 26 heavy (non-hydrogen) atoms.